The van der Waals surface area contributed by atoms with Crippen LogP contribution in [0.1, 0.15) is 37.3 Å². The Bertz CT molecular complexity index is 737. The molecule has 1 atom stereocenters. The fourth-order valence-corrected chi connectivity index (χ4v) is 3.45. The molecular formula is C19H25NO3S. The number of hydrogen-bond donors (Lipinski definition) is 1. The van der Waals surface area contributed by atoms with Crippen molar-refractivity contribution in [2.75, 3.05) is 13.7 Å². The quantitative estimate of drug-likeness (QED) is 0.791. The van der Waals surface area contributed by atoms with E-state index in [1.54, 1.807) is 19.2 Å². The summed E-state index contributed by atoms with van der Waals surface area (Å²) in [7, 11) is -1.85. The summed E-state index contributed by atoms with van der Waals surface area (Å²) in [6.45, 7) is 4.62. The Morgan fingerprint density at radius 3 is 2.21 bits per heavy atom. The lowest BCUT2D eigenvalue weighted by Crippen LogP contribution is -2.26. The first-order valence-corrected chi connectivity index (χ1v) is 9.67. The van der Waals surface area contributed by atoms with Gasteiger partial charge in [-0.15, -0.1) is 0 Å². The van der Waals surface area contributed by atoms with Gasteiger partial charge in [-0.2, -0.15) is 0 Å². The summed E-state index contributed by atoms with van der Waals surface area (Å²) in [6, 6.07) is 14.8. The zero-order valence-electron chi connectivity index (χ0n) is 14.5. The molecule has 130 valence electrons. The second kappa shape index (κ2) is 8.31. The molecule has 0 spiro atoms. The lowest BCUT2D eigenvalue weighted by Gasteiger charge is -2.11. The summed E-state index contributed by atoms with van der Waals surface area (Å²) in [6.07, 6.45) is 1.67. The molecule has 2 aromatic rings. The highest BCUT2D eigenvalue weighted by atomic mass is 32.2. The predicted octanol–water partition coefficient (Wildman–Crippen LogP) is 3.73. The van der Waals surface area contributed by atoms with Gasteiger partial charge in [-0.1, -0.05) is 38.1 Å². The highest BCUT2D eigenvalue weighted by Crippen LogP contribution is 2.20. The van der Waals surface area contributed by atoms with Crippen LogP contribution in [0.15, 0.2) is 53.4 Å². The van der Waals surface area contributed by atoms with Crippen LogP contribution < -0.4 is 9.46 Å². The zero-order chi connectivity index (χ0) is 17.6. The summed E-state index contributed by atoms with van der Waals surface area (Å²) in [5, 5.41) is 0. The van der Waals surface area contributed by atoms with Gasteiger partial charge in [0.15, 0.2) is 0 Å². The third-order valence-corrected chi connectivity index (χ3v) is 5.71. The maximum atomic E-state index is 12.3. The van der Waals surface area contributed by atoms with Crippen molar-refractivity contribution in [3.05, 3.63) is 59.7 Å². The van der Waals surface area contributed by atoms with Crippen LogP contribution in [0.2, 0.25) is 0 Å². The molecule has 0 heterocycles. The SMILES string of the molecule is CCC(C)c1ccc(S(=O)(=O)NCCc2ccc(OC)cc2)cc1. The topological polar surface area (TPSA) is 55.4 Å². The highest BCUT2D eigenvalue weighted by molar-refractivity contribution is 7.89. The Morgan fingerprint density at radius 2 is 1.67 bits per heavy atom. The van der Waals surface area contributed by atoms with Crippen LogP contribution in [0.3, 0.4) is 0 Å². The number of methoxy groups -OCH3 is 1. The second-order valence-electron chi connectivity index (χ2n) is 5.87. The van der Waals surface area contributed by atoms with Gasteiger partial charge in [0, 0.05) is 6.54 Å². The Balaban J connectivity index is 1.95. The molecule has 0 aliphatic rings. The lowest BCUT2D eigenvalue weighted by molar-refractivity contribution is 0.414. The molecule has 24 heavy (non-hydrogen) atoms. The van der Waals surface area contributed by atoms with Crippen molar-refractivity contribution in [1.82, 2.24) is 4.72 Å². The molecule has 4 nitrogen and oxygen atoms in total. The lowest BCUT2D eigenvalue weighted by atomic mass is 9.99. The van der Waals surface area contributed by atoms with Crippen molar-refractivity contribution < 1.29 is 13.2 Å². The van der Waals surface area contributed by atoms with Crippen LogP contribution in [0.5, 0.6) is 5.75 Å². The molecule has 0 aliphatic heterocycles. The fourth-order valence-electron chi connectivity index (χ4n) is 2.42. The van der Waals surface area contributed by atoms with E-state index in [-0.39, 0.29) is 0 Å². The van der Waals surface area contributed by atoms with E-state index in [9.17, 15) is 8.42 Å². The first-order chi connectivity index (χ1) is 11.5. The number of rotatable bonds is 8. The summed E-state index contributed by atoms with van der Waals surface area (Å²) in [5.41, 5.74) is 2.22. The molecule has 0 aliphatic carbocycles. The molecule has 0 saturated carbocycles. The summed E-state index contributed by atoms with van der Waals surface area (Å²) in [5.74, 6) is 1.23. The van der Waals surface area contributed by atoms with Gasteiger partial charge in [0.1, 0.15) is 5.75 Å². The van der Waals surface area contributed by atoms with Crippen LogP contribution in [0.4, 0.5) is 0 Å². The van der Waals surface area contributed by atoms with Gasteiger partial charge in [0.05, 0.1) is 12.0 Å². The number of benzene rings is 2. The minimum absolute atomic E-state index is 0.310. The zero-order valence-corrected chi connectivity index (χ0v) is 15.3. The molecule has 1 unspecified atom stereocenters. The van der Waals surface area contributed by atoms with E-state index in [1.807, 2.05) is 36.4 Å². The average Bonchev–Trinajstić information content (AvgIpc) is 2.61. The van der Waals surface area contributed by atoms with E-state index in [0.29, 0.717) is 23.8 Å². The molecule has 0 radical (unpaired) electrons. The summed E-state index contributed by atoms with van der Waals surface area (Å²) >= 11 is 0. The highest BCUT2D eigenvalue weighted by Gasteiger charge is 2.14. The average molecular weight is 347 g/mol. The molecule has 2 aromatic carbocycles. The van der Waals surface area contributed by atoms with Crippen LogP contribution in [-0.4, -0.2) is 22.1 Å². The van der Waals surface area contributed by atoms with E-state index in [4.69, 9.17) is 4.74 Å². The van der Waals surface area contributed by atoms with Crippen LogP contribution >= 0.6 is 0 Å². The third-order valence-electron chi connectivity index (χ3n) is 4.24. The van der Waals surface area contributed by atoms with Crippen molar-refractivity contribution in [2.45, 2.75) is 37.5 Å². The number of nitrogens with one attached hydrogen (secondary N) is 1. The van der Waals surface area contributed by atoms with Crippen molar-refractivity contribution in [2.24, 2.45) is 0 Å². The molecule has 0 fully saturated rings. The molecule has 0 saturated heterocycles. The number of hydrogen-bond acceptors (Lipinski definition) is 3. The molecule has 1 N–H and O–H groups in total. The predicted molar refractivity (Wildman–Crippen MR) is 97.0 cm³/mol. The van der Waals surface area contributed by atoms with E-state index >= 15 is 0 Å². The van der Waals surface area contributed by atoms with Crippen molar-refractivity contribution in [1.29, 1.82) is 0 Å². The Kier molecular flexibility index (Phi) is 6.40. The number of ether oxygens (including phenoxy) is 1. The van der Waals surface area contributed by atoms with E-state index in [2.05, 4.69) is 18.6 Å². The smallest absolute Gasteiger partial charge is 0.240 e. The van der Waals surface area contributed by atoms with Crippen molar-refractivity contribution in [3.63, 3.8) is 0 Å². The second-order valence-corrected chi connectivity index (χ2v) is 7.64. The van der Waals surface area contributed by atoms with Crippen LogP contribution in [0.25, 0.3) is 0 Å². The third kappa shape index (κ3) is 4.82. The first-order valence-electron chi connectivity index (χ1n) is 8.19. The molecule has 0 bridgehead atoms. The van der Waals surface area contributed by atoms with Crippen molar-refractivity contribution in [3.8, 4) is 5.75 Å². The van der Waals surface area contributed by atoms with Gasteiger partial charge in [0.2, 0.25) is 10.0 Å². The molecule has 5 heteroatoms. The standard InChI is InChI=1S/C19H25NO3S/c1-4-15(2)17-7-11-19(12-8-17)24(21,22)20-14-13-16-5-9-18(23-3)10-6-16/h5-12,15,20H,4,13-14H2,1-3H3. The van der Waals surface area contributed by atoms with Crippen LogP contribution in [0, 0.1) is 0 Å². The van der Waals surface area contributed by atoms with Gasteiger partial charge in [0.25, 0.3) is 0 Å². The molecule has 0 aromatic heterocycles. The molecule has 0 amide bonds. The maximum Gasteiger partial charge on any atom is 0.240 e. The Hall–Kier alpha value is -1.85. The van der Waals surface area contributed by atoms with Gasteiger partial charge in [-0.25, -0.2) is 13.1 Å². The van der Waals surface area contributed by atoms with E-state index < -0.39 is 10.0 Å². The minimum atomic E-state index is -3.47. The summed E-state index contributed by atoms with van der Waals surface area (Å²) < 4.78 is 32.4. The Morgan fingerprint density at radius 1 is 1.04 bits per heavy atom. The van der Waals surface area contributed by atoms with Gasteiger partial charge < -0.3 is 4.74 Å². The number of sulfonamides is 1. The van der Waals surface area contributed by atoms with E-state index in [0.717, 1.165) is 23.3 Å². The minimum Gasteiger partial charge on any atom is -0.497 e. The van der Waals surface area contributed by atoms with Gasteiger partial charge >= 0.3 is 0 Å². The first kappa shape index (κ1) is 18.5. The normalized spacial score (nSPS) is 12.8. The largest absolute Gasteiger partial charge is 0.497 e. The molecular weight excluding hydrogens is 322 g/mol. The fraction of sp³-hybridized carbons (Fsp3) is 0.368. The maximum absolute atomic E-state index is 12.3. The summed E-state index contributed by atoms with van der Waals surface area (Å²) in [4.78, 5) is 0.310. The van der Waals surface area contributed by atoms with E-state index in [1.165, 1.54) is 0 Å². The monoisotopic (exact) mass is 347 g/mol. The molecule has 2 rings (SSSR count). The van der Waals surface area contributed by atoms with Crippen LogP contribution in [-0.2, 0) is 16.4 Å². The van der Waals surface area contributed by atoms with Gasteiger partial charge in [-0.05, 0) is 54.2 Å². The van der Waals surface area contributed by atoms with Crippen molar-refractivity contribution >= 4 is 10.0 Å². The Labute approximate surface area is 144 Å². The van der Waals surface area contributed by atoms with Gasteiger partial charge in [-0.3, -0.25) is 0 Å².